The van der Waals surface area contributed by atoms with Crippen molar-refractivity contribution in [3.05, 3.63) is 23.5 Å². The highest BCUT2D eigenvalue weighted by Gasteiger charge is 2.42. The zero-order valence-electron chi connectivity index (χ0n) is 19.3. The van der Waals surface area contributed by atoms with Crippen LogP contribution in [0.5, 0.6) is 5.75 Å². The number of aliphatic hydroxyl groups is 1. The highest BCUT2D eigenvalue weighted by atomic mass is 32.2. The Morgan fingerprint density at radius 2 is 1.94 bits per heavy atom. The molecule has 0 radical (unpaired) electrons. The number of hydrogen-bond donors (Lipinski definition) is 3. The smallest absolute Gasteiger partial charge is 0.427 e. The van der Waals surface area contributed by atoms with Gasteiger partial charge in [0, 0.05) is 35.3 Å². The average Bonchev–Trinajstić information content (AvgIpc) is 2.66. The van der Waals surface area contributed by atoms with E-state index in [2.05, 4.69) is 10.1 Å². The predicted molar refractivity (Wildman–Crippen MR) is 117 cm³/mol. The van der Waals surface area contributed by atoms with Gasteiger partial charge in [0.05, 0.1) is 18.8 Å². The number of nitrogen functional groups attached to an aromatic ring is 1. The maximum atomic E-state index is 14.4. The number of benzene rings is 1. The number of alkyl carbamates (subject to hydrolysis) is 1. The third-order valence-corrected chi connectivity index (χ3v) is 6.50. The van der Waals surface area contributed by atoms with Gasteiger partial charge < -0.3 is 30.4 Å². The third-order valence-electron chi connectivity index (χ3n) is 4.96. The molecule has 0 aromatic heterocycles. The lowest BCUT2D eigenvalue weighted by Gasteiger charge is -2.35. The quantitative estimate of drug-likeness (QED) is 0.378. The molecule has 194 valence electrons. The molecule has 1 aromatic carbocycles. The highest BCUT2D eigenvalue weighted by molar-refractivity contribution is 7.85. The van der Waals surface area contributed by atoms with Crippen molar-refractivity contribution < 1.29 is 45.9 Å². The van der Waals surface area contributed by atoms with Gasteiger partial charge in [-0.2, -0.15) is 13.2 Å². The maximum absolute atomic E-state index is 14.4. The highest BCUT2D eigenvalue weighted by Crippen LogP contribution is 2.33. The van der Waals surface area contributed by atoms with Crippen molar-refractivity contribution in [3.8, 4) is 5.75 Å². The van der Waals surface area contributed by atoms with Crippen LogP contribution in [0.15, 0.2) is 12.1 Å². The van der Waals surface area contributed by atoms with E-state index in [1.54, 1.807) is 20.8 Å². The number of aliphatic hydroxyl groups excluding tert-OH is 1. The molecule has 5 atom stereocenters. The number of rotatable bonds is 7. The molecule has 1 aliphatic rings. The minimum Gasteiger partial charge on any atom is -0.476 e. The third kappa shape index (κ3) is 7.98. The molecule has 1 fully saturated rings. The second-order valence-electron chi connectivity index (χ2n) is 9.07. The molecule has 13 heteroatoms. The van der Waals surface area contributed by atoms with Crippen molar-refractivity contribution >= 4 is 22.6 Å². The molecule has 34 heavy (non-hydrogen) atoms. The second-order valence-corrected chi connectivity index (χ2v) is 10.6. The van der Waals surface area contributed by atoms with E-state index < -0.39 is 76.7 Å². The van der Waals surface area contributed by atoms with Gasteiger partial charge in [-0.05, 0) is 44.9 Å². The van der Waals surface area contributed by atoms with E-state index in [9.17, 15) is 31.7 Å². The topological polar surface area (TPSA) is 120 Å². The molecule has 0 bridgehead atoms. The van der Waals surface area contributed by atoms with Crippen LogP contribution >= 0.6 is 0 Å². The first-order chi connectivity index (χ1) is 15.6. The Bertz CT molecular complexity index is 893. The summed E-state index contributed by atoms with van der Waals surface area (Å²) in [6.07, 6.45) is -9.16. The fourth-order valence-corrected chi connectivity index (χ4v) is 5.07. The van der Waals surface area contributed by atoms with Crippen LogP contribution in [0.2, 0.25) is 0 Å². The predicted octanol–water partition coefficient (Wildman–Crippen LogP) is 2.54. The first kappa shape index (κ1) is 28.1. The fourth-order valence-electron chi connectivity index (χ4n) is 3.46. The normalized spacial score (nSPS) is 24.4. The summed E-state index contributed by atoms with van der Waals surface area (Å²) in [7, 11) is -0.354. The zero-order valence-corrected chi connectivity index (χ0v) is 20.1. The molecule has 1 saturated heterocycles. The van der Waals surface area contributed by atoms with Crippen LogP contribution in [0.4, 0.5) is 28.0 Å². The number of amides is 1. The van der Waals surface area contributed by atoms with E-state index in [0.29, 0.717) is 0 Å². The molecule has 8 nitrogen and oxygen atoms in total. The fraction of sp³-hybridized carbons (Fsp3) is 0.667. The van der Waals surface area contributed by atoms with Gasteiger partial charge in [-0.3, -0.25) is 4.21 Å². The van der Waals surface area contributed by atoms with E-state index in [1.807, 2.05) is 0 Å². The summed E-state index contributed by atoms with van der Waals surface area (Å²) in [4.78, 5) is 12.1. The van der Waals surface area contributed by atoms with Crippen LogP contribution in [-0.4, -0.2) is 70.7 Å². The molecule has 1 aliphatic heterocycles. The van der Waals surface area contributed by atoms with Crippen LogP contribution in [0, 0.1) is 11.7 Å². The van der Waals surface area contributed by atoms with E-state index in [-0.39, 0.29) is 23.5 Å². The first-order valence-corrected chi connectivity index (χ1v) is 11.9. The number of nitrogens with one attached hydrogen (secondary N) is 1. The number of halogens is 4. The number of ether oxygens (including phenoxy) is 3. The summed E-state index contributed by atoms with van der Waals surface area (Å²) in [5, 5.41) is 13.2. The van der Waals surface area contributed by atoms with E-state index in [1.165, 1.54) is 0 Å². The summed E-state index contributed by atoms with van der Waals surface area (Å²) >= 11 is 0. The lowest BCUT2D eigenvalue weighted by atomic mass is 9.91. The number of methoxy groups -OCH3 is 1. The zero-order chi connectivity index (χ0) is 25.8. The van der Waals surface area contributed by atoms with Gasteiger partial charge in [0.1, 0.15) is 22.9 Å². The largest absolute Gasteiger partial charge is 0.476 e. The number of carbonyl (C=O) groups excluding carboxylic acids is 1. The molecular formula is C21H30F4N2O6S. The molecule has 0 aliphatic carbocycles. The van der Waals surface area contributed by atoms with Crippen LogP contribution in [0.25, 0.3) is 0 Å². The minimum absolute atomic E-state index is 0.00828. The first-order valence-electron chi connectivity index (χ1n) is 10.4. The second kappa shape index (κ2) is 11.1. The van der Waals surface area contributed by atoms with Crippen LogP contribution < -0.4 is 15.8 Å². The summed E-state index contributed by atoms with van der Waals surface area (Å²) < 4.78 is 80.9. The monoisotopic (exact) mass is 514 g/mol. The van der Waals surface area contributed by atoms with Crippen molar-refractivity contribution in [3.63, 3.8) is 0 Å². The summed E-state index contributed by atoms with van der Waals surface area (Å²) in [5.74, 6) is -2.18. The lowest BCUT2D eigenvalue weighted by molar-refractivity contribution is -0.206. The van der Waals surface area contributed by atoms with Gasteiger partial charge in [0.15, 0.2) is 0 Å². The van der Waals surface area contributed by atoms with Crippen LogP contribution in [0.1, 0.15) is 26.3 Å². The summed E-state index contributed by atoms with van der Waals surface area (Å²) in [6.45, 7) is 4.16. The van der Waals surface area contributed by atoms with Crippen molar-refractivity contribution in [2.45, 2.75) is 57.2 Å². The Kier molecular flexibility index (Phi) is 9.16. The number of anilines is 1. The molecule has 0 unspecified atom stereocenters. The Hall–Kier alpha value is -2.12. The Morgan fingerprint density at radius 3 is 2.50 bits per heavy atom. The Morgan fingerprint density at radius 1 is 1.29 bits per heavy atom. The van der Waals surface area contributed by atoms with E-state index in [0.717, 1.165) is 19.2 Å². The van der Waals surface area contributed by atoms with Crippen molar-refractivity contribution in [2.24, 2.45) is 5.92 Å². The summed E-state index contributed by atoms with van der Waals surface area (Å²) in [5.41, 5.74) is 4.38. The van der Waals surface area contributed by atoms with Gasteiger partial charge in [0.2, 0.25) is 6.10 Å². The van der Waals surface area contributed by atoms with Gasteiger partial charge in [-0.15, -0.1) is 0 Å². The molecule has 1 amide bonds. The number of nitrogens with two attached hydrogens (primary N) is 1. The van der Waals surface area contributed by atoms with Gasteiger partial charge >= 0.3 is 12.3 Å². The molecule has 1 aromatic rings. The SMILES string of the molecule is COC[C@@H](Oc1cc(C[C@@H]2C[S@@](=O)C[C@H](NC(=O)OC(C)(C)C)[C@H]2O)cc(F)c1N)C(F)(F)F. The average molecular weight is 515 g/mol. The number of alkyl halides is 3. The molecule has 0 saturated carbocycles. The van der Waals surface area contributed by atoms with Crippen LogP contribution in [0.3, 0.4) is 0 Å². The molecule has 0 spiro atoms. The van der Waals surface area contributed by atoms with Crippen molar-refractivity contribution in [1.29, 1.82) is 0 Å². The van der Waals surface area contributed by atoms with E-state index in [4.69, 9.17) is 15.2 Å². The van der Waals surface area contributed by atoms with Crippen LogP contribution in [-0.2, 0) is 26.7 Å². The van der Waals surface area contributed by atoms with Gasteiger partial charge in [-0.25, -0.2) is 9.18 Å². The maximum Gasteiger partial charge on any atom is 0.427 e. The van der Waals surface area contributed by atoms with E-state index >= 15 is 0 Å². The molecule has 1 heterocycles. The van der Waals surface area contributed by atoms with Crippen molar-refractivity contribution in [2.75, 3.05) is 31.0 Å². The van der Waals surface area contributed by atoms with Gasteiger partial charge in [-0.1, -0.05) is 0 Å². The molecule has 4 N–H and O–H groups in total. The Labute approximate surface area is 197 Å². The summed E-state index contributed by atoms with van der Waals surface area (Å²) in [6, 6.07) is 1.27. The van der Waals surface area contributed by atoms with Crippen molar-refractivity contribution in [1.82, 2.24) is 5.32 Å². The lowest BCUT2D eigenvalue weighted by Crippen LogP contribution is -2.55. The molecule has 2 rings (SSSR count). The Balaban J connectivity index is 2.21. The standard InChI is InChI=1S/C21H30F4N2O6S/c1-20(2,3)33-19(29)27-14-10-34(30)9-12(18(14)28)5-11-6-13(22)17(26)15(7-11)32-16(8-31-4)21(23,24)25/h6-7,12,14,16,18,28H,5,8-10,26H2,1-4H3,(H,27,29)/t12-,14+,16-,18+,34-/m1/s1. The number of carbonyl (C=O) groups is 1. The minimum atomic E-state index is -4.79. The van der Waals surface area contributed by atoms with Gasteiger partial charge in [0.25, 0.3) is 0 Å². The molecular weight excluding hydrogens is 484 g/mol. The number of hydrogen-bond acceptors (Lipinski definition) is 7.